The number of carbonyl (C=O) groups is 2. The Labute approximate surface area is 129 Å². The highest BCUT2D eigenvalue weighted by Crippen LogP contribution is 2.17. The number of hydrogen-bond acceptors (Lipinski definition) is 3. The molecule has 1 N–H and O–H groups in total. The maximum Gasteiger partial charge on any atom is 0.259 e. The van der Waals surface area contributed by atoms with E-state index in [0.717, 1.165) is 5.56 Å². The van der Waals surface area contributed by atoms with Crippen molar-refractivity contribution in [2.45, 2.75) is 20.3 Å². The van der Waals surface area contributed by atoms with Crippen LogP contribution < -0.4 is 5.32 Å². The quantitative estimate of drug-likeness (QED) is 0.944. The Hall–Kier alpha value is -2.56. The Morgan fingerprint density at radius 3 is 2.27 bits per heavy atom. The highest BCUT2D eigenvalue weighted by Gasteiger charge is 2.13. The van der Waals surface area contributed by atoms with Crippen molar-refractivity contribution in [1.29, 1.82) is 0 Å². The first kappa shape index (κ1) is 15.8. The third-order valence-corrected chi connectivity index (χ3v) is 3.35. The first-order valence-electron chi connectivity index (χ1n) is 7.04. The van der Waals surface area contributed by atoms with Crippen LogP contribution in [0.25, 0.3) is 0 Å². The number of nitrogens with one attached hydrogen (secondary N) is 1. The van der Waals surface area contributed by atoms with E-state index in [1.807, 2.05) is 12.1 Å². The lowest BCUT2D eigenvalue weighted by atomic mass is 10.1. The van der Waals surface area contributed by atoms with Gasteiger partial charge in [0.25, 0.3) is 5.91 Å². The number of likely N-dealkylation sites (N-methyl/N-ethyl adjacent to an activating group) is 1. The van der Waals surface area contributed by atoms with Crippen molar-refractivity contribution >= 4 is 17.5 Å². The number of carbonyl (C=O) groups excluding carboxylic acids is 2. The van der Waals surface area contributed by atoms with Gasteiger partial charge in [-0.1, -0.05) is 12.1 Å². The predicted molar refractivity (Wildman–Crippen MR) is 85.0 cm³/mol. The minimum atomic E-state index is -0.202. The highest BCUT2D eigenvalue weighted by molar-refractivity contribution is 6.05. The second kappa shape index (κ2) is 6.47. The van der Waals surface area contributed by atoms with Crippen molar-refractivity contribution in [3.63, 3.8) is 0 Å². The van der Waals surface area contributed by atoms with Crippen LogP contribution in [0.3, 0.4) is 0 Å². The van der Waals surface area contributed by atoms with Gasteiger partial charge in [-0.25, -0.2) is 0 Å². The SMILES string of the molecule is Cc1cc(C(=O)Nc2ccc(CC(=O)N(C)C)cc2)c(C)o1. The molecule has 0 spiro atoms. The third-order valence-electron chi connectivity index (χ3n) is 3.35. The number of amides is 2. The van der Waals surface area contributed by atoms with Gasteiger partial charge in [0.15, 0.2) is 0 Å². The molecule has 0 unspecified atom stereocenters. The molecule has 2 amide bonds. The Bertz CT molecular complexity index is 684. The summed E-state index contributed by atoms with van der Waals surface area (Å²) < 4.78 is 5.36. The molecule has 1 heterocycles. The van der Waals surface area contributed by atoms with Crippen LogP contribution in [-0.4, -0.2) is 30.8 Å². The molecule has 1 aromatic carbocycles. The number of hydrogen-bond donors (Lipinski definition) is 1. The molecule has 2 aromatic rings. The van der Waals surface area contributed by atoms with Gasteiger partial charge >= 0.3 is 0 Å². The van der Waals surface area contributed by atoms with Gasteiger partial charge in [0.2, 0.25) is 5.91 Å². The van der Waals surface area contributed by atoms with Crippen LogP contribution in [0, 0.1) is 13.8 Å². The van der Waals surface area contributed by atoms with Crippen LogP contribution >= 0.6 is 0 Å². The molecule has 5 heteroatoms. The number of benzene rings is 1. The normalized spacial score (nSPS) is 10.4. The Morgan fingerprint density at radius 2 is 1.77 bits per heavy atom. The zero-order valence-electron chi connectivity index (χ0n) is 13.3. The molecule has 22 heavy (non-hydrogen) atoms. The maximum absolute atomic E-state index is 12.2. The van der Waals surface area contributed by atoms with E-state index in [9.17, 15) is 9.59 Å². The van der Waals surface area contributed by atoms with Gasteiger partial charge in [0, 0.05) is 19.8 Å². The summed E-state index contributed by atoms with van der Waals surface area (Å²) >= 11 is 0. The van der Waals surface area contributed by atoms with Crippen LogP contribution in [-0.2, 0) is 11.2 Å². The molecule has 1 aromatic heterocycles. The first-order valence-corrected chi connectivity index (χ1v) is 7.04. The molecule has 0 fully saturated rings. The topological polar surface area (TPSA) is 62.6 Å². The van der Waals surface area contributed by atoms with Crippen molar-refractivity contribution in [2.75, 3.05) is 19.4 Å². The Kier molecular flexibility index (Phi) is 4.65. The van der Waals surface area contributed by atoms with E-state index in [1.54, 1.807) is 51.0 Å². The van der Waals surface area contributed by atoms with Crippen molar-refractivity contribution in [1.82, 2.24) is 4.90 Å². The van der Waals surface area contributed by atoms with Crippen LogP contribution in [0.2, 0.25) is 0 Å². The minimum absolute atomic E-state index is 0.0429. The fraction of sp³-hybridized carbons (Fsp3) is 0.294. The van der Waals surface area contributed by atoms with Crippen LogP contribution in [0.15, 0.2) is 34.7 Å². The Morgan fingerprint density at radius 1 is 1.14 bits per heavy atom. The van der Waals surface area contributed by atoms with Gasteiger partial charge in [0.1, 0.15) is 11.5 Å². The molecule has 0 saturated carbocycles. The number of aryl methyl sites for hydroxylation is 2. The molecule has 0 radical (unpaired) electrons. The summed E-state index contributed by atoms with van der Waals surface area (Å²) in [5.74, 6) is 1.15. The Balaban J connectivity index is 2.03. The summed E-state index contributed by atoms with van der Waals surface area (Å²) in [5.41, 5.74) is 2.13. The summed E-state index contributed by atoms with van der Waals surface area (Å²) in [6.45, 7) is 3.57. The lowest BCUT2D eigenvalue weighted by molar-refractivity contribution is -0.127. The van der Waals surface area contributed by atoms with Crippen molar-refractivity contribution in [3.05, 3.63) is 53.0 Å². The average molecular weight is 300 g/mol. The molecule has 0 saturated heterocycles. The molecule has 2 rings (SSSR count). The van der Waals surface area contributed by atoms with Crippen molar-refractivity contribution in [2.24, 2.45) is 0 Å². The summed E-state index contributed by atoms with van der Waals surface area (Å²) in [5, 5.41) is 2.82. The van der Waals surface area contributed by atoms with Gasteiger partial charge in [-0.2, -0.15) is 0 Å². The molecule has 0 aliphatic carbocycles. The lowest BCUT2D eigenvalue weighted by Gasteiger charge is -2.10. The fourth-order valence-corrected chi connectivity index (χ4v) is 2.09. The monoisotopic (exact) mass is 300 g/mol. The smallest absolute Gasteiger partial charge is 0.259 e. The number of anilines is 1. The summed E-state index contributed by atoms with van der Waals surface area (Å²) in [7, 11) is 3.46. The van der Waals surface area contributed by atoms with Gasteiger partial charge in [-0.15, -0.1) is 0 Å². The molecule has 0 aliphatic rings. The molecule has 0 bridgehead atoms. The summed E-state index contributed by atoms with van der Waals surface area (Å²) in [4.78, 5) is 25.4. The van der Waals surface area contributed by atoms with E-state index in [-0.39, 0.29) is 11.8 Å². The van der Waals surface area contributed by atoms with Crippen molar-refractivity contribution in [3.8, 4) is 0 Å². The average Bonchev–Trinajstić information content (AvgIpc) is 2.79. The number of rotatable bonds is 4. The largest absolute Gasteiger partial charge is 0.466 e. The molecular formula is C17H20N2O3. The highest BCUT2D eigenvalue weighted by atomic mass is 16.3. The van der Waals surface area contributed by atoms with Crippen LogP contribution in [0.4, 0.5) is 5.69 Å². The van der Waals surface area contributed by atoms with Gasteiger partial charge in [0.05, 0.1) is 12.0 Å². The molecule has 5 nitrogen and oxygen atoms in total. The lowest BCUT2D eigenvalue weighted by Crippen LogP contribution is -2.23. The van der Waals surface area contributed by atoms with Gasteiger partial charge in [-0.05, 0) is 37.6 Å². The fourth-order valence-electron chi connectivity index (χ4n) is 2.09. The summed E-state index contributed by atoms with van der Waals surface area (Å²) in [6, 6.07) is 8.97. The first-order chi connectivity index (χ1) is 10.4. The molecule has 116 valence electrons. The predicted octanol–water partition coefficient (Wildman–Crippen LogP) is 2.78. The molecular weight excluding hydrogens is 280 g/mol. The molecule has 0 atom stereocenters. The minimum Gasteiger partial charge on any atom is -0.466 e. The number of nitrogens with zero attached hydrogens (tertiary/aromatic N) is 1. The standard InChI is InChI=1S/C17H20N2O3/c1-11-9-15(12(2)22-11)17(21)18-14-7-5-13(6-8-14)10-16(20)19(3)4/h5-9H,10H2,1-4H3,(H,18,21). The van der Waals surface area contributed by atoms with E-state index in [0.29, 0.717) is 29.2 Å². The zero-order valence-corrected chi connectivity index (χ0v) is 13.3. The van der Waals surface area contributed by atoms with E-state index in [1.165, 1.54) is 0 Å². The second-order valence-corrected chi connectivity index (χ2v) is 5.44. The third kappa shape index (κ3) is 3.75. The molecule has 0 aliphatic heterocycles. The van der Waals surface area contributed by atoms with E-state index in [2.05, 4.69) is 5.32 Å². The van der Waals surface area contributed by atoms with Crippen LogP contribution in [0.5, 0.6) is 0 Å². The van der Waals surface area contributed by atoms with Gasteiger partial charge < -0.3 is 14.6 Å². The van der Waals surface area contributed by atoms with Gasteiger partial charge in [-0.3, -0.25) is 9.59 Å². The van der Waals surface area contributed by atoms with E-state index >= 15 is 0 Å². The summed E-state index contributed by atoms with van der Waals surface area (Å²) in [6.07, 6.45) is 0.348. The van der Waals surface area contributed by atoms with Crippen molar-refractivity contribution < 1.29 is 14.0 Å². The van der Waals surface area contributed by atoms with E-state index < -0.39 is 0 Å². The van der Waals surface area contributed by atoms with Crippen LogP contribution in [0.1, 0.15) is 27.4 Å². The maximum atomic E-state index is 12.2. The van der Waals surface area contributed by atoms with E-state index in [4.69, 9.17) is 4.42 Å². The number of furan rings is 1. The second-order valence-electron chi connectivity index (χ2n) is 5.44. The zero-order chi connectivity index (χ0) is 16.3.